The van der Waals surface area contributed by atoms with E-state index in [0.29, 0.717) is 23.5 Å². The van der Waals surface area contributed by atoms with Crippen molar-refractivity contribution >= 4 is 22.6 Å². The summed E-state index contributed by atoms with van der Waals surface area (Å²) in [5.41, 5.74) is 3.36. The molecule has 0 saturated carbocycles. The second-order valence-corrected chi connectivity index (χ2v) is 7.30. The van der Waals surface area contributed by atoms with E-state index in [-0.39, 0.29) is 11.1 Å². The van der Waals surface area contributed by atoms with Crippen molar-refractivity contribution in [3.63, 3.8) is 0 Å². The van der Waals surface area contributed by atoms with Gasteiger partial charge in [0.25, 0.3) is 11.7 Å². The number of nitrogens with zero attached hydrogens (tertiary/aromatic N) is 4. The van der Waals surface area contributed by atoms with Gasteiger partial charge in [-0.1, -0.05) is 12.1 Å². The number of benzene rings is 2. The second-order valence-electron chi connectivity index (χ2n) is 7.30. The van der Waals surface area contributed by atoms with E-state index in [1.165, 1.54) is 31.4 Å². The van der Waals surface area contributed by atoms with Crippen LogP contribution >= 0.6 is 0 Å². The van der Waals surface area contributed by atoms with E-state index < -0.39 is 11.7 Å². The van der Waals surface area contributed by atoms with E-state index in [9.17, 15) is 14.0 Å². The summed E-state index contributed by atoms with van der Waals surface area (Å²) < 4.78 is 16.0. The van der Waals surface area contributed by atoms with Gasteiger partial charge in [-0.2, -0.15) is 5.10 Å². The number of imidazole rings is 1. The van der Waals surface area contributed by atoms with E-state index in [1.54, 1.807) is 22.8 Å². The number of nitrogens with one attached hydrogen (secondary N) is 2. The van der Waals surface area contributed by atoms with Crippen molar-refractivity contribution in [3.8, 4) is 11.3 Å². The van der Waals surface area contributed by atoms with Gasteiger partial charge in [-0.25, -0.2) is 18.9 Å². The number of carbonyl (C=O) groups excluding carboxylic acids is 1. The van der Waals surface area contributed by atoms with Crippen LogP contribution in [0, 0.1) is 5.82 Å². The number of aromatic amines is 1. The Morgan fingerprint density at radius 2 is 1.94 bits per heavy atom. The first-order chi connectivity index (χ1) is 15.5. The molecule has 8 nitrogen and oxygen atoms in total. The molecule has 9 heteroatoms. The molecule has 2 N–H and O–H groups in total. The zero-order chi connectivity index (χ0) is 22.2. The van der Waals surface area contributed by atoms with E-state index in [2.05, 4.69) is 25.4 Å². The maximum Gasteiger partial charge on any atom is 0.253 e. The first-order valence-corrected chi connectivity index (χ1v) is 9.85. The number of pyridine rings is 1. The van der Waals surface area contributed by atoms with E-state index in [4.69, 9.17) is 0 Å². The molecule has 0 unspecified atom stereocenters. The van der Waals surface area contributed by atoms with Crippen molar-refractivity contribution in [1.29, 1.82) is 0 Å². The Labute approximate surface area is 180 Å². The molecule has 0 fully saturated rings. The molecular formula is C23H17FN6O2. The Kier molecular flexibility index (Phi) is 4.70. The van der Waals surface area contributed by atoms with Gasteiger partial charge in [-0.05, 0) is 41.3 Å². The second kappa shape index (κ2) is 7.69. The van der Waals surface area contributed by atoms with Gasteiger partial charge in [0.05, 0.1) is 23.7 Å². The number of hydrogen-bond donors (Lipinski definition) is 2. The van der Waals surface area contributed by atoms with Gasteiger partial charge >= 0.3 is 0 Å². The minimum atomic E-state index is -0.635. The molecule has 0 radical (unpaired) electrons. The maximum absolute atomic E-state index is 14.4. The van der Waals surface area contributed by atoms with Gasteiger partial charge in [-0.3, -0.25) is 9.59 Å². The van der Waals surface area contributed by atoms with Crippen LogP contribution in [0.25, 0.3) is 27.9 Å². The van der Waals surface area contributed by atoms with Crippen LogP contribution in [-0.4, -0.2) is 37.5 Å². The van der Waals surface area contributed by atoms with Crippen molar-refractivity contribution < 1.29 is 9.18 Å². The van der Waals surface area contributed by atoms with Crippen molar-refractivity contribution in [2.75, 3.05) is 7.05 Å². The average Bonchev–Trinajstić information content (AvgIpc) is 3.20. The number of fused-ring (bicyclic) bond motifs is 2. The zero-order valence-electron chi connectivity index (χ0n) is 17.0. The van der Waals surface area contributed by atoms with Crippen LogP contribution in [0.5, 0.6) is 0 Å². The van der Waals surface area contributed by atoms with Crippen molar-refractivity contribution in [1.82, 2.24) is 29.9 Å². The SMILES string of the molecule is CNC(=O)c1ccc(-c2cnc3ncc(Cc4ccc5[nH]c(=O)ccc5c4)n3n2)cc1F. The number of hydrogen-bond acceptors (Lipinski definition) is 5. The lowest BCUT2D eigenvalue weighted by molar-refractivity contribution is 0.0959. The summed E-state index contributed by atoms with van der Waals surface area (Å²) >= 11 is 0. The van der Waals surface area contributed by atoms with E-state index >= 15 is 0 Å². The highest BCUT2D eigenvalue weighted by molar-refractivity contribution is 5.94. The topological polar surface area (TPSA) is 105 Å². The van der Waals surface area contributed by atoms with Gasteiger partial charge < -0.3 is 10.3 Å². The normalized spacial score (nSPS) is 11.2. The average molecular weight is 428 g/mol. The zero-order valence-corrected chi connectivity index (χ0v) is 17.0. The molecule has 0 aliphatic rings. The fourth-order valence-corrected chi connectivity index (χ4v) is 3.59. The Bertz CT molecular complexity index is 1560. The van der Waals surface area contributed by atoms with Crippen LogP contribution in [0.15, 0.2) is 65.7 Å². The van der Waals surface area contributed by atoms with Crippen LogP contribution in [0.1, 0.15) is 21.6 Å². The number of H-pyrrole nitrogens is 1. The Hall–Kier alpha value is -4.40. The first kappa shape index (κ1) is 19.6. The molecule has 0 spiro atoms. The summed E-state index contributed by atoms with van der Waals surface area (Å²) in [5.74, 6) is -0.702. The predicted octanol–water partition coefficient (Wildman–Crippen LogP) is 2.72. The van der Waals surface area contributed by atoms with Gasteiger partial charge in [0.15, 0.2) is 0 Å². The predicted molar refractivity (Wildman–Crippen MR) is 117 cm³/mol. The number of carbonyl (C=O) groups is 1. The summed E-state index contributed by atoms with van der Waals surface area (Å²) in [4.78, 5) is 34.6. The van der Waals surface area contributed by atoms with Crippen molar-refractivity contribution in [3.05, 3.63) is 93.9 Å². The minimum absolute atomic E-state index is 0.0359. The molecule has 0 atom stereocenters. The largest absolute Gasteiger partial charge is 0.355 e. The third-order valence-corrected chi connectivity index (χ3v) is 5.21. The summed E-state index contributed by atoms with van der Waals surface area (Å²) in [7, 11) is 1.45. The van der Waals surface area contributed by atoms with Crippen LogP contribution in [-0.2, 0) is 6.42 Å². The highest BCUT2D eigenvalue weighted by Crippen LogP contribution is 2.21. The van der Waals surface area contributed by atoms with E-state index in [1.807, 2.05) is 18.2 Å². The quantitative estimate of drug-likeness (QED) is 0.458. The first-order valence-electron chi connectivity index (χ1n) is 9.85. The molecule has 0 aliphatic heterocycles. The molecule has 0 saturated heterocycles. The molecule has 3 heterocycles. The lowest BCUT2D eigenvalue weighted by atomic mass is 10.1. The van der Waals surface area contributed by atoms with Crippen molar-refractivity contribution in [2.24, 2.45) is 0 Å². The van der Waals surface area contributed by atoms with Crippen molar-refractivity contribution in [2.45, 2.75) is 6.42 Å². The van der Waals surface area contributed by atoms with Gasteiger partial charge in [-0.15, -0.1) is 0 Å². The number of amides is 1. The van der Waals surface area contributed by atoms with E-state index in [0.717, 1.165) is 22.2 Å². The number of aromatic nitrogens is 5. The highest BCUT2D eigenvalue weighted by atomic mass is 19.1. The standard InChI is InChI=1S/C23H17FN6O2/c1-25-22(32)17-5-3-15(10-18(17)24)20-12-27-23-26-11-16(30(23)29-20)9-13-2-6-19-14(8-13)4-7-21(31)28-19/h2-8,10-12H,9H2,1H3,(H,25,32)(H,28,31). The lowest BCUT2D eigenvalue weighted by Gasteiger charge is -2.07. The van der Waals surface area contributed by atoms with Gasteiger partial charge in [0, 0.05) is 30.6 Å². The monoisotopic (exact) mass is 428 g/mol. The Morgan fingerprint density at radius 1 is 1.09 bits per heavy atom. The molecule has 0 bridgehead atoms. The smallest absolute Gasteiger partial charge is 0.253 e. The third-order valence-electron chi connectivity index (χ3n) is 5.21. The van der Waals surface area contributed by atoms with Gasteiger partial charge in [0.1, 0.15) is 11.5 Å². The number of halogens is 1. The highest BCUT2D eigenvalue weighted by Gasteiger charge is 2.14. The van der Waals surface area contributed by atoms with Crippen LogP contribution in [0.3, 0.4) is 0 Å². The minimum Gasteiger partial charge on any atom is -0.355 e. The maximum atomic E-state index is 14.4. The summed E-state index contributed by atoms with van der Waals surface area (Å²) in [5, 5.41) is 7.92. The summed E-state index contributed by atoms with van der Waals surface area (Å²) in [6.07, 6.45) is 3.76. The molecular weight excluding hydrogens is 411 g/mol. The Morgan fingerprint density at radius 3 is 2.75 bits per heavy atom. The molecule has 2 aromatic carbocycles. The molecule has 1 amide bonds. The van der Waals surface area contributed by atoms with Crippen LogP contribution < -0.4 is 10.9 Å². The molecule has 5 aromatic rings. The molecule has 5 rings (SSSR count). The molecule has 32 heavy (non-hydrogen) atoms. The molecule has 158 valence electrons. The lowest BCUT2D eigenvalue weighted by Crippen LogP contribution is -2.19. The third kappa shape index (κ3) is 3.49. The van der Waals surface area contributed by atoms with Crippen LogP contribution in [0.2, 0.25) is 0 Å². The summed E-state index contributed by atoms with van der Waals surface area (Å²) in [6.45, 7) is 0. The summed E-state index contributed by atoms with van der Waals surface area (Å²) in [6, 6.07) is 13.4. The van der Waals surface area contributed by atoms with Gasteiger partial charge in [0.2, 0.25) is 5.56 Å². The molecule has 0 aliphatic carbocycles. The fourth-order valence-electron chi connectivity index (χ4n) is 3.59. The number of rotatable bonds is 4. The Balaban J connectivity index is 1.50. The molecule has 3 aromatic heterocycles. The van der Waals surface area contributed by atoms with Crippen LogP contribution in [0.4, 0.5) is 4.39 Å². The fraction of sp³-hybridized carbons (Fsp3) is 0.0870.